The first kappa shape index (κ1) is 44.3. The Kier molecular flexibility index (Phi) is 28.7. The molecular formula is C40H52N8. The summed E-state index contributed by atoms with van der Waals surface area (Å²) in [6, 6.07) is 26.9. The van der Waals surface area contributed by atoms with E-state index in [4.69, 9.17) is 0 Å². The average molecular weight is 645 g/mol. The molecule has 8 heteroatoms. The maximum Gasteiger partial charge on any atom is 0.155 e. The van der Waals surface area contributed by atoms with Crippen molar-refractivity contribution in [3.05, 3.63) is 122 Å². The molecule has 0 saturated carbocycles. The normalized spacial score (nSPS) is 8.17. The van der Waals surface area contributed by atoms with Crippen LogP contribution in [0.4, 0.5) is 0 Å². The van der Waals surface area contributed by atoms with Crippen LogP contribution in [0.2, 0.25) is 0 Å². The summed E-state index contributed by atoms with van der Waals surface area (Å²) in [5.41, 5.74) is 3.46. The molecule has 0 N–H and O–H groups in total. The zero-order valence-electron chi connectivity index (χ0n) is 30.3. The van der Waals surface area contributed by atoms with Gasteiger partial charge in [-0.2, -0.15) is 10.2 Å². The lowest BCUT2D eigenvalue weighted by molar-refractivity contribution is 0.803. The Morgan fingerprint density at radius 1 is 0.438 bits per heavy atom. The standard InChI is InChI=1S/C15H11N3.C11H9N5.2C3H4.4C2H6/c1-3-10-16-12(6-1)14-8-5-9-15(18-14)13-7-2-4-11-17-13;1-4-10(15-8-2-6-12-15)14-11(5-1)16-9-3-7-13-16;2*1-3-2;4*1-2/h1-11H;1-9H;2*1H,2H3;4*1-2H3. The number of rotatable bonds is 4. The molecule has 252 valence electrons. The van der Waals surface area contributed by atoms with E-state index in [-0.39, 0.29) is 0 Å². The molecule has 0 aliphatic heterocycles. The van der Waals surface area contributed by atoms with E-state index in [9.17, 15) is 0 Å². The van der Waals surface area contributed by atoms with Crippen molar-refractivity contribution in [2.24, 2.45) is 0 Å². The van der Waals surface area contributed by atoms with E-state index >= 15 is 0 Å². The maximum atomic E-state index is 4.60. The Labute approximate surface area is 289 Å². The fourth-order valence-corrected chi connectivity index (χ4v) is 3.22. The van der Waals surface area contributed by atoms with E-state index in [0.29, 0.717) is 0 Å². The van der Waals surface area contributed by atoms with Gasteiger partial charge in [-0.05, 0) is 74.5 Å². The molecule has 6 aromatic heterocycles. The van der Waals surface area contributed by atoms with Crippen molar-refractivity contribution in [1.29, 1.82) is 0 Å². The Morgan fingerprint density at radius 3 is 1.10 bits per heavy atom. The van der Waals surface area contributed by atoms with Gasteiger partial charge in [0.05, 0.1) is 22.8 Å². The molecule has 0 radical (unpaired) electrons. The summed E-state index contributed by atoms with van der Waals surface area (Å²) in [7, 11) is 0. The minimum Gasteiger partial charge on any atom is -0.255 e. The molecule has 0 bridgehead atoms. The number of hydrogen-bond donors (Lipinski definition) is 0. The average Bonchev–Trinajstić information content (AvgIpc) is 3.93. The monoisotopic (exact) mass is 644 g/mol. The topological polar surface area (TPSA) is 87.2 Å². The molecular weight excluding hydrogens is 592 g/mol. The number of terminal acetylenes is 2. The Morgan fingerprint density at radius 2 is 0.792 bits per heavy atom. The summed E-state index contributed by atoms with van der Waals surface area (Å²) < 4.78 is 3.43. The zero-order valence-corrected chi connectivity index (χ0v) is 30.3. The highest BCUT2D eigenvalue weighted by molar-refractivity contribution is 5.61. The van der Waals surface area contributed by atoms with Crippen molar-refractivity contribution in [1.82, 2.24) is 39.5 Å². The predicted octanol–water partition coefficient (Wildman–Crippen LogP) is 10.0. The SMILES string of the molecule is C#CC.C#CC.CC.CC.CC.CC.c1cc(-n2cccn2)nc(-n2cccn2)c1.c1ccc(-c2cccc(-c3ccccn3)n2)nc1. The highest BCUT2D eigenvalue weighted by atomic mass is 15.3. The van der Waals surface area contributed by atoms with E-state index in [2.05, 4.69) is 54.8 Å². The van der Waals surface area contributed by atoms with E-state index < -0.39 is 0 Å². The largest absolute Gasteiger partial charge is 0.255 e. The summed E-state index contributed by atoms with van der Waals surface area (Å²) in [6.45, 7) is 19.3. The van der Waals surface area contributed by atoms with Gasteiger partial charge in [0.25, 0.3) is 0 Å². The van der Waals surface area contributed by atoms with Gasteiger partial charge in [-0.3, -0.25) is 9.97 Å². The van der Waals surface area contributed by atoms with Gasteiger partial charge in [0, 0.05) is 37.2 Å². The van der Waals surface area contributed by atoms with Crippen LogP contribution in [0.3, 0.4) is 0 Å². The van der Waals surface area contributed by atoms with Crippen molar-refractivity contribution in [2.75, 3.05) is 0 Å². The van der Waals surface area contributed by atoms with Crippen LogP contribution in [0.1, 0.15) is 69.2 Å². The number of pyridine rings is 4. The van der Waals surface area contributed by atoms with E-state index in [1.54, 1.807) is 48.0 Å². The van der Waals surface area contributed by atoms with Crippen LogP contribution < -0.4 is 0 Å². The van der Waals surface area contributed by atoms with Gasteiger partial charge in [-0.25, -0.2) is 19.3 Å². The highest BCUT2D eigenvalue weighted by Crippen LogP contribution is 2.19. The third-order valence-electron chi connectivity index (χ3n) is 4.80. The van der Waals surface area contributed by atoms with Gasteiger partial charge >= 0.3 is 0 Å². The first-order valence-corrected chi connectivity index (χ1v) is 16.2. The fourth-order valence-electron chi connectivity index (χ4n) is 3.22. The molecule has 0 aromatic carbocycles. The molecule has 0 spiro atoms. The van der Waals surface area contributed by atoms with Gasteiger partial charge in [0.2, 0.25) is 0 Å². The van der Waals surface area contributed by atoms with Crippen LogP contribution in [-0.4, -0.2) is 39.5 Å². The minimum absolute atomic E-state index is 0.776. The van der Waals surface area contributed by atoms with Crippen LogP contribution in [0, 0.1) is 24.7 Å². The van der Waals surface area contributed by atoms with Gasteiger partial charge < -0.3 is 0 Å². The summed E-state index contributed by atoms with van der Waals surface area (Å²) >= 11 is 0. The van der Waals surface area contributed by atoms with E-state index in [0.717, 1.165) is 34.4 Å². The second-order valence-corrected chi connectivity index (χ2v) is 7.67. The Hall–Kier alpha value is -5.86. The summed E-state index contributed by atoms with van der Waals surface area (Å²) in [5.74, 6) is 6.05. The maximum absolute atomic E-state index is 4.60. The van der Waals surface area contributed by atoms with Gasteiger partial charge in [-0.15, -0.1) is 24.7 Å². The van der Waals surface area contributed by atoms with Crippen LogP contribution in [0.15, 0.2) is 122 Å². The fraction of sp³-hybridized carbons (Fsp3) is 0.250. The number of nitrogens with zero attached hydrogens (tertiary/aromatic N) is 8. The molecule has 48 heavy (non-hydrogen) atoms. The third kappa shape index (κ3) is 17.0. The predicted molar refractivity (Wildman–Crippen MR) is 204 cm³/mol. The van der Waals surface area contributed by atoms with Crippen molar-refractivity contribution >= 4 is 0 Å². The molecule has 6 heterocycles. The molecule has 0 fully saturated rings. The van der Waals surface area contributed by atoms with Gasteiger partial charge in [0.1, 0.15) is 0 Å². The van der Waals surface area contributed by atoms with Crippen LogP contribution >= 0.6 is 0 Å². The van der Waals surface area contributed by atoms with Gasteiger partial charge in [0.15, 0.2) is 11.6 Å². The van der Waals surface area contributed by atoms with Crippen molar-refractivity contribution in [2.45, 2.75) is 69.2 Å². The lowest BCUT2D eigenvalue weighted by Crippen LogP contribution is -2.03. The third-order valence-corrected chi connectivity index (χ3v) is 4.80. The number of hydrogen-bond acceptors (Lipinski definition) is 6. The summed E-state index contributed by atoms with van der Waals surface area (Å²) in [6.07, 6.45) is 19.9. The summed E-state index contributed by atoms with van der Waals surface area (Å²) in [5, 5.41) is 8.27. The molecule has 0 aliphatic rings. The lowest BCUT2D eigenvalue weighted by atomic mass is 10.2. The highest BCUT2D eigenvalue weighted by Gasteiger charge is 2.04. The second kappa shape index (κ2) is 31.1. The van der Waals surface area contributed by atoms with Crippen molar-refractivity contribution in [3.63, 3.8) is 0 Å². The smallest absolute Gasteiger partial charge is 0.155 e. The molecule has 0 atom stereocenters. The molecule has 8 nitrogen and oxygen atoms in total. The molecule has 0 amide bonds. The Balaban J connectivity index is 0. The van der Waals surface area contributed by atoms with Crippen molar-refractivity contribution < 1.29 is 0 Å². The van der Waals surface area contributed by atoms with Crippen LogP contribution in [0.25, 0.3) is 34.4 Å². The zero-order chi connectivity index (χ0) is 36.4. The van der Waals surface area contributed by atoms with E-state index in [1.165, 1.54) is 0 Å². The molecule has 0 saturated heterocycles. The van der Waals surface area contributed by atoms with Crippen molar-refractivity contribution in [3.8, 4) is 59.1 Å². The molecule has 0 unspecified atom stereocenters. The van der Waals surface area contributed by atoms with E-state index in [1.807, 2.05) is 153 Å². The summed E-state index contributed by atoms with van der Waals surface area (Å²) in [4.78, 5) is 17.6. The van der Waals surface area contributed by atoms with Gasteiger partial charge in [-0.1, -0.05) is 79.7 Å². The minimum atomic E-state index is 0.776. The second-order valence-electron chi connectivity index (χ2n) is 7.67. The first-order chi connectivity index (χ1) is 23.7. The quantitative estimate of drug-likeness (QED) is 0.178. The lowest BCUT2D eigenvalue weighted by Gasteiger charge is -2.03. The first-order valence-electron chi connectivity index (χ1n) is 16.2. The molecule has 6 rings (SSSR count). The molecule has 6 aromatic rings. The Bertz CT molecular complexity index is 1500. The molecule has 0 aliphatic carbocycles. The van der Waals surface area contributed by atoms with Crippen LogP contribution in [0.5, 0.6) is 0 Å². The number of aromatic nitrogens is 8. The van der Waals surface area contributed by atoms with Crippen LogP contribution in [-0.2, 0) is 0 Å².